The Morgan fingerprint density at radius 3 is 2.58 bits per heavy atom. The van der Waals surface area contributed by atoms with Crippen LogP contribution in [0.5, 0.6) is 0 Å². The van der Waals surface area contributed by atoms with Crippen molar-refractivity contribution in [3.63, 3.8) is 0 Å². The summed E-state index contributed by atoms with van der Waals surface area (Å²) in [7, 11) is 0. The maximum Gasteiger partial charge on any atom is 0.325 e. The van der Waals surface area contributed by atoms with E-state index in [4.69, 9.17) is 4.74 Å². The molecule has 6 nitrogen and oxygen atoms in total. The highest BCUT2D eigenvalue weighted by Gasteiger charge is 2.17. The normalized spacial score (nSPS) is 10.7. The van der Waals surface area contributed by atoms with Crippen LogP contribution in [0.2, 0.25) is 0 Å². The van der Waals surface area contributed by atoms with E-state index in [2.05, 4.69) is 10.4 Å². The van der Waals surface area contributed by atoms with E-state index in [0.29, 0.717) is 12.2 Å². The van der Waals surface area contributed by atoms with Crippen LogP contribution in [0.25, 0.3) is 0 Å². The van der Waals surface area contributed by atoms with Gasteiger partial charge in [0.1, 0.15) is 18.8 Å². The van der Waals surface area contributed by atoms with Gasteiger partial charge in [0, 0.05) is 6.54 Å². The van der Waals surface area contributed by atoms with Gasteiger partial charge in [0.2, 0.25) is 0 Å². The third-order valence-electron chi connectivity index (χ3n) is 3.56. The van der Waals surface area contributed by atoms with Gasteiger partial charge >= 0.3 is 5.97 Å². The number of ether oxygens (including phenoxy) is 1. The van der Waals surface area contributed by atoms with Crippen LogP contribution in [0, 0.1) is 0 Å². The number of carbonyl (C=O) groups excluding carboxylic acids is 2. The number of benzene rings is 1. The van der Waals surface area contributed by atoms with Crippen LogP contribution in [0.3, 0.4) is 0 Å². The van der Waals surface area contributed by atoms with E-state index in [0.717, 1.165) is 11.3 Å². The van der Waals surface area contributed by atoms with Crippen molar-refractivity contribution in [2.75, 3.05) is 6.54 Å². The van der Waals surface area contributed by atoms with E-state index >= 15 is 0 Å². The van der Waals surface area contributed by atoms with Crippen LogP contribution >= 0.6 is 0 Å². The quantitative estimate of drug-likeness (QED) is 0.792. The molecule has 1 amide bonds. The van der Waals surface area contributed by atoms with Crippen LogP contribution < -0.4 is 5.32 Å². The van der Waals surface area contributed by atoms with Crippen LogP contribution in [-0.2, 0) is 22.7 Å². The molecule has 0 radical (unpaired) electrons. The van der Waals surface area contributed by atoms with E-state index in [1.807, 2.05) is 51.1 Å². The van der Waals surface area contributed by atoms with E-state index in [1.165, 1.54) is 0 Å². The zero-order valence-electron chi connectivity index (χ0n) is 14.3. The minimum atomic E-state index is -0.473. The molecular formula is C18H23N3O3. The average Bonchev–Trinajstić information content (AvgIpc) is 3.03. The smallest absolute Gasteiger partial charge is 0.325 e. The van der Waals surface area contributed by atoms with Crippen molar-refractivity contribution in [1.29, 1.82) is 0 Å². The SMILES string of the molecule is CCn1nc(C(C)C)cc1C(=O)NCC(=O)OCc1ccccc1. The van der Waals surface area contributed by atoms with Gasteiger partial charge in [-0.1, -0.05) is 44.2 Å². The summed E-state index contributed by atoms with van der Waals surface area (Å²) in [5.74, 6) is -0.563. The number of hydrogen-bond donors (Lipinski definition) is 1. The number of rotatable bonds is 7. The van der Waals surface area contributed by atoms with Gasteiger partial charge in [-0.2, -0.15) is 5.10 Å². The Kier molecular flexibility index (Phi) is 6.12. The van der Waals surface area contributed by atoms with Crippen molar-refractivity contribution < 1.29 is 14.3 Å². The maximum absolute atomic E-state index is 12.3. The van der Waals surface area contributed by atoms with Crippen molar-refractivity contribution in [3.8, 4) is 0 Å². The summed E-state index contributed by atoms with van der Waals surface area (Å²) in [5.41, 5.74) is 2.22. The van der Waals surface area contributed by atoms with Crippen LogP contribution in [0.1, 0.15) is 48.4 Å². The first-order valence-electron chi connectivity index (χ1n) is 8.06. The molecule has 0 unspecified atom stereocenters. The summed E-state index contributed by atoms with van der Waals surface area (Å²) < 4.78 is 6.78. The van der Waals surface area contributed by atoms with Crippen molar-refractivity contribution in [2.24, 2.45) is 0 Å². The molecule has 0 saturated heterocycles. The standard InChI is InChI=1S/C18H23N3O3/c1-4-21-16(10-15(20-21)13(2)3)18(23)19-11-17(22)24-12-14-8-6-5-7-9-14/h5-10,13H,4,11-12H2,1-3H3,(H,19,23). The van der Waals surface area contributed by atoms with Gasteiger partial charge in [0.15, 0.2) is 0 Å². The topological polar surface area (TPSA) is 73.2 Å². The summed E-state index contributed by atoms with van der Waals surface area (Å²) in [4.78, 5) is 24.0. The molecule has 128 valence electrons. The van der Waals surface area contributed by atoms with Crippen LogP contribution in [0.15, 0.2) is 36.4 Å². The van der Waals surface area contributed by atoms with Gasteiger partial charge in [-0.15, -0.1) is 0 Å². The van der Waals surface area contributed by atoms with E-state index in [9.17, 15) is 9.59 Å². The highest BCUT2D eigenvalue weighted by Crippen LogP contribution is 2.14. The Bertz CT molecular complexity index is 693. The highest BCUT2D eigenvalue weighted by molar-refractivity contribution is 5.94. The minimum absolute atomic E-state index is 0.169. The first-order chi connectivity index (χ1) is 11.5. The average molecular weight is 329 g/mol. The number of nitrogens with one attached hydrogen (secondary N) is 1. The molecule has 0 aliphatic rings. The first-order valence-corrected chi connectivity index (χ1v) is 8.06. The fourth-order valence-electron chi connectivity index (χ4n) is 2.17. The molecule has 6 heteroatoms. The molecule has 24 heavy (non-hydrogen) atoms. The number of hydrogen-bond acceptors (Lipinski definition) is 4. The lowest BCUT2D eigenvalue weighted by Gasteiger charge is -2.07. The number of esters is 1. The molecular weight excluding hydrogens is 306 g/mol. The van der Waals surface area contributed by atoms with E-state index in [1.54, 1.807) is 10.7 Å². The zero-order chi connectivity index (χ0) is 17.5. The van der Waals surface area contributed by atoms with Crippen molar-refractivity contribution in [3.05, 3.63) is 53.3 Å². The Labute approximate surface area is 141 Å². The Morgan fingerprint density at radius 1 is 1.25 bits per heavy atom. The predicted octanol–water partition coefficient (Wildman–Crippen LogP) is 2.50. The van der Waals surface area contributed by atoms with Gasteiger partial charge < -0.3 is 10.1 Å². The lowest BCUT2D eigenvalue weighted by molar-refractivity contribution is -0.143. The second kappa shape index (κ2) is 8.29. The molecule has 2 rings (SSSR count). The van der Waals surface area contributed by atoms with Gasteiger partial charge in [-0.3, -0.25) is 14.3 Å². The summed E-state index contributed by atoms with van der Waals surface area (Å²) in [6.45, 7) is 6.57. The number of aryl methyl sites for hydroxylation is 1. The first kappa shape index (κ1) is 17.7. The third kappa shape index (κ3) is 4.68. The lowest BCUT2D eigenvalue weighted by atomic mass is 10.1. The lowest BCUT2D eigenvalue weighted by Crippen LogP contribution is -2.32. The molecule has 2 aromatic rings. The molecule has 0 fully saturated rings. The Hall–Kier alpha value is -2.63. The predicted molar refractivity (Wildman–Crippen MR) is 90.6 cm³/mol. The van der Waals surface area contributed by atoms with E-state index in [-0.39, 0.29) is 25.0 Å². The maximum atomic E-state index is 12.3. The van der Waals surface area contributed by atoms with Crippen molar-refractivity contribution in [1.82, 2.24) is 15.1 Å². The number of carbonyl (C=O) groups is 2. The number of nitrogens with zero attached hydrogens (tertiary/aromatic N) is 2. The van der Waals surface area contributed by atoms with Crippen molar-refractivity contribution in [2.45, 2.75) is 39.8 Å². The van der Waals surface area contributed by atoms with Crippen LogP contribution in [-0.4, -0.2) is 28.2 Å². The molecule has 1 N–H and O–H groups in total. The van der Waals surface area contributed by atoms with Gasteiger partial charge in [-0.25, -0.2) is 0 Å². The molecule has 0 aliphatic carbocycles. The van der Waals surface area contributed by atoms with Gasteiger partial charge in [-0.05, 0) is 24.5 Å². The number of aromatic nitrogens is 2. The fourth-order valence-corrected chi connectivity index (χ4v) is 2.17. The molecule has 0 bridgehead atoms. The molecule has 0 atom stereocenters. The van der Waals surface area contributed by atoms with E-state index < -0.39 is 5.97 Å². The Morgan fingerprint density at radius 2 is 1.96 bits per heavy atom. The van der Waals surface area contributed by atoms with Gasteiger partial charge in [0.25, 0.3) is 5.91 Å². The summed E-state index contributed by atoms with van der Waals surface area (Å²) in [6, 6.07) is 11.2. The monoisotopic (exact) mass is 329 g/mol. The second-order valence-electron chi connectivity index (χ2n) is 5.75. The van der Waals surface area contributed by atoms with Crippen molar-refractivity contribution >= 4 is 11.9 Å². The Balaban J connectivity index is 1.87. The summed E-state index contributed by atoms with van der Waals surface area (Å²) in [6.07, 6.45) is 0. The third-order valence-corrected chi connectivity index (χ3v) is 3.56. The number of amides is 1. The molecule has 0 saturated carbocycles. The zero-order valence-corrected chi connectivity index (χ0v) is 14.3. The highest BCUT2D eigenvalue weighted by atomic mass is 16.5. The summed E-state index contributed by atoms with van der Waals surface area (Å²) >= 11 is 0. The van der Waals surface area contributed by atoms with Crippen LogP contribution in [0.4, 0.5) is 0 Å². The fraction of sp³-hybridized carbons (Fsp3) is 0.389. The molecule has 1 heterocycles. The minimum Gasteiger partial charge on any atom is -0.460 e. The largest absolute Gasteiger partial charge is 0.460 e. The molecule has 0 spiro atoms. The van der Waals surface area contributed by atoms with Gasteiger partial charge in [0.05, 0.1) is 5.69 Å². The molecule has 0 aliphatic heterocycles. The summed E-state index contributed by atoms with van der Waals surface area (Å²) in [5, 5.41) is 6.98. The second-order valence-corrected chi connectivity index (χ2v) is 5.75. The molecule has 1 aromatic carbocycles. The molecule has 1 aromatic heterocycles.